The van der Waals surface area contributed by atoms with Gasteiger partial charge in [-0.3, -0.25) is 14.1 Å². The normalized spacial score (nSPS) is 23.8. The number of aromatic nitrogens is 2. The van der Waals surface area contributed by atoms with E-state index < -0.39 is 0 Å². The summed E-state index contributed by atoms with van der Waals surface area (Å²) in [7, 11) is 0. The Kier molecular flexibility index (Phi) is 3.62. The molecular formula is C14H19N3O2S. The summed E-state index contributed by atoms with van der Waals surface area (Å²) >= 11 is 1.49. The van der Waals surface area contributed by atoms with E-state index in [1.807, 2.05) is 12.3 Å². The predicted octanol–water partition coefficient (Wildman–Crippen LogP) is 1.27. The van der Waals surface area contributed by atoms with Gasteiger partial charge in [-0.15, -0.1) is 11.3 Å². The molecule has 5 nitrogen and oxygen atoms in total. The first kappa shape index (κ1) is 13.7. The van der Waals surface area contributed by atoms with Gasteiger partial charge in [0.25, 0.3) is 5.56 Å². The molecule has 1 saturated heterocycles. The Labute approximate surface area is 121 Å². The van der Waals surface area contributed by atoms with Crippen LogP contribution in [0, 0.1) is 12.8 Å². The maximum atomic E-state index is 12.1. The van der Waals surface area contributed by atoms with E-state index in [2.05, 4.69) is 16.8 Å². The Morgan fingerprint density at radius 2 is 2.35 bits per heavy atom. The molecule has 0 aliphatic carbocycles. The second kappa shape index (κ2) is 5.27. The van der Waals surface area contributed by atoms with Crippen LogP contribution in [0.1, 0.15) is 24.7 Å². The molecule has 2 atom stereocenters. The summed E-state index contributed by atoms with van der Waals surface area (Å²) in [6.07, 6.45) is 1.09. The van der Waals surface area contributed by atoms with E-state index in [1.165, 1.54) is 11.3 Å². The number of fused-ring (bicyclic) bond motifs is 1. The average Bonchev–Trinajstić information content (AvgIpc) is 2.94. The Bertz CT molecular complexity index is 679. The van der Waals surface area contributed by atoms with E-state index in [0.29, 0.717) is 12.5 Å². The SMILES string of the molecule is Cc1csc2nc(CN3CCC(C)C3CO)cc(=O)n12. The highest BCUT2D eigenvalue weighted by Crippen LogP contribution is 2.25. The van der Waals surface area contributed by atoms with Crippen LogP contribution in [-0.2, 0) is 6.54 Å². The largest absolute Gasteiger partial charge is 0.395 e. The van der Waals surface area contributed by atoms with Crippen molar-refractivity contribution in [2.75, 3.05) is 13.2 Å². The fourth-order valence-electron chi connectivity index (χ4n) is 2.97. The lowest BCUT2D eigenvalue weighted by molar-refractivity contribution is 0.133. The van der Waals surface area contributed by atoms with Crippen molar-refractivity contribution in [3.8, 4) is 0 Å². The quantitative estimate of drug-likeness (QED) is 0.926. The molecule has 1 N–H and O–H groups in total. The highest BCUT2D eigenvalue weighted by molar-refractivity contribution is 7.15. The van der Waals surface area contributed by atoms with E-state index in [9.17, 15) is 9.90 Å². The van der Waals surface area contributed by atoms with Crippen LogP contribution in [0.5, 0.6) is 0 Å². The van der Waals surface area contributed by atoms with E-state index in [4.69, 9.17) is 0 Å². The molecule has 1 aliphatic rings. The molecule has 2 unspecified atom stereocenters. The van der Waals surface area contributed by atoms with Gasteiger partial charge in [0.15, 0.2) is 4.96 Å². The summed E-state index contributed by atoms with van der Waals surface area (Å²) in [4.78, 5) is 19.7. The van der Waals surface area contributed by atoms with Gasteiger partial charge >= 0.3 is 0 Å². The zero-order valence-electron chi connectivity index (χ0n) is 11.7. The molecule has 0 radical (unpaired) electrons. The van der Waals surface area contributed by atoms with Crippen LogP contribution in [-0.4, -0.2) is 38.6 Å². The smallest absolute Gasteiger partial charge is 0.259 e. The molecule has 108 valence electrons. The lowest BCUT2D eigenvalue weighted by Crippen LogP contribution is -2.35. The first-order chi connectivity index (χ1) is 9.60. The number of nitrogens with zero attached hydrogens (tertiary/aromatic N) is 3. The van der Waals surface area contributed by atoms with Crippen molar-refractivity contribution < 1.29 is 5.11 Å². The van der Waals surface area contributed by atoms with Crippen molar-refractivity contribution in [3.63, 3.8) is 0 Å². The summed E-state index contributed by atoms with van der Waals surface area (Å²) < 4.78 is 1.64. The van der Waals surface area contributed by atoms with Gasteiger partial charge in [-0.1, -0.05) is 6.92 Å². The number of aliphatic hydroxyl groups excluding tert-OH is 1. The van der Waals surface area contributed by atoms with Crippen LogP contribution in [0.2, 0.25) is 0 Å². The predicted molar refractivity (Wildman–Crippen MR) is 79.1 cm³/mol. The number of rotatable bonds is 3. The average molecular weight is 293 g/mol. The van der Waals surface area contributed by atoms with Crippen molar-refractivity contribution in [1.82, 2.24) is 14.3 Å². The van der Waals surface area contributed by atoms with Crippen LogP contribution in [0.3, 0.4) is 0 Å². The summed E-state index contributed by atoms with van der Waals surface area (Å²) in [6, 6.07) is 1.80. The van der Waals surface area contributed by atoms with Gasteiger partial charge in [0.2, 0.25) is 0 Å². The fourth-order valence-corrected chi connectivity index (χ4v) is 3.86. The first-order valence-electron chi connectivity index (χ1n) is 6.92. The van der Waals surface area contributed by atoms with E-state index in [-0.39, 0.29) is 18.2 Å². The molecule has 3 heterocycles. The second-order valence-corrected chi connectivity index (χ2v) is 6.40. The third kappa shape index (κ3) is 2.28. The van der Waals surface area contributed by atoms with Crippen molar-refractivity contribution in [2.45, 2.75) is 32.9 Å². The summed E-state index contributed by atoms with van der Waals surface area (Å²) in [5, 5.41) is 11.4. The summed E-state index contributed by atoms with van der Waals surface area (Å²) in [5.41, 5.74) is 1.71. The summed E-state index contributed by atoms with van der Waals surface area (Å²) in [5.74, 6) is 0.494. The van der Waals surface area contributed by atoms with E-state index >= 15 is 0 Å². The maximum Gasteiger partial charge on any atom is 0.259 e. The number of thiazole rings is 1. The Morgan fingerprint density at radius 3 is 3.10 bits per heavy atom. The van der Waals surface area contributed by atoms with Crippen LogP contribution in [0.15, 0.2) is 16.2 Å². The van der Waals surface area contributed by atoms with E-state index in [0.717, 1.165) is 29.3 Å². The Morgan fingerprint density at radius 1 is 1.55 bits per heavy atom. The molecule has 0 spiro atoms. The minimum Gasteiger partial charge on any atom is -0.395 e. The van der Waals surface area contributed by atoms with Gasteiger partial charge in [0, 0.05) is 29.7 Å². The number of likely N-dealkylation sites (tertiary alicyclic amines) is 1. The first-order valence-corrected chi connectivity index (χ1v) is 7.80. The lowest BCUT2D eigenvalue weighted by atomic mass is 10.0. The topological polar surface area (TPSA) is 57.8 Å². The van der Waals surface area contributed by atoms with Crippen LogP contribution in [0.4, 0.5) is 0 Å². The molecule has 0 bridgehead atoms. The molecule has 1 fully saturated rings. The van der Waals surface area contributed by atoms with Crippen molar-refractivity contribution in [3.05, 3.63) is 33.2 Å². The van der Waals surface area contributed by atoms with Crippen LogP contribution >= 0.6 is 11.3 Å². The monoisotopic (exact) mass is 293 g/mol. The second-order valence-electron chi connectivity index (χ2n) is 5.57. The molecule has 2 aromatic rings. The van der Waals surface area contributed by atoms with Crippen molar-refractivity contribution in [1.29, 1.82) is 0 Å². The Hall–Kier alpha value is -1.24. The van der Waals surface area contributed by atoms with Crippen molar-refractivity contribution >= 4 is 16.3 Å². The van der Waals surface area contributed by atoms with Crippen LogP contribution in [0.25, 0.3) is 4.96 Å². The molecule has 1 aliphatic heterocycles. The highest BCUT2D eigenvalue weighted by atomic mass is 32.1. The van der Waals surface area contributed by atoms with Gasteiger partial charge in [-0.25, -0.2) is 4.98 Å². The van der Waals surface area contributed by atoms with Gasteiger partial charge in [0.1, 0.15) is 0 Å². The molecule has 0 aromatic carbocycles. The molecule has 3 rings (SSSR count). The minimum atomic E-state index is -0.0171. The third-order valence-electron chi connectivity index (χ3n) is 4.18. The number of aryl methyl sites for hydroxylation is 1. The molecule has 20 heavy (non-hydrogen) atoms. The number of hydrogen-bond acceptors (Lipinski definition) is 5. The van der Waals surface area contributed by atoms with Gasteiger partial charge < -0.3 is 5.11 Å². The highest BCUT2D eigenvalue weighted by Gasteiger charge is 2.30. The molecule has 6 heteroatoms. The fraction of sp³-hybridized carbons (Fsp3) is 0.571. The molecule has 0 amide bonds. The van der Waals surface area contributed by atoms with E-state index in [1.54, 1.807) is 10.5 Å². The zero-order chi connectivity index (χ0) is 14.3. The minimum absolute atomic E-state index is 0.0171. The molecule has 2 aromatic heterocycles. The molecule has 0 saturated carbocycles. The van der Waals surface area contributed by atoms with Gasteiger partial charge in [-0.2, -0.15) is 0 Å². The third-order valence-corrected chi connectivity index (χ3v) is 5.12. The lowest BCUT2D eigenvalue weighted by Gasteiger charge is -2.24. The maximum absolute atomic E-state index is 12.1. The number of aliphatic hydroxyl groups is 1. The van der Waals surface area contributed by atoms with Gasteiger partial charge in [-0.05, 0) is 25.8 Å². The molecular weight excluding hydrogens is 274 g/mol. The van der Waals surface area contributed by atoms with Gasteiger partial charge in [0.05, 0.1) is 12.3 Å². The van der Waals surface area contributed by atoms with Crippen LogP contribution < -0.4 is 5.56 Å². The summed E-state index contributed by atoms with van der Waals surface area (Å²) in [6.45, 7) is 5.83. The Balaban J connectivity index is 1.90. The zero-order valence-corrected chi connectivity index (χ0v) is 12.6. The van der Waals surface area contributed by atoms with Crippen molar-refractivity contribution in [2.24, 2.45) is 5.92 Å². The number of hydrogen-bond donors (Lipinski definition) is 1. The standard InChI is InChI=1S/C14H19N3O2S/c1-9-3-4-16(12(9)7-18)6-11-5-13(19)17-10(2)8-20-14(17)15-11/h5,8-9,12,18H,3-4,6-7H2,1-2H3.